The minimum atomic E-state index is -4.97. The van der Waals surface area contributed by atoms with Crippen LogP contribution in [0.15, 0.2) is 53.3 Å². The fourth-order valence-electron chi connectivity index (χ4n) is 3.54. The van der Waals surface area contributed by atoms with E-state index in [1.54, 1.807) is 0 Å². The molecule has 2 N–H and O–H groups in total. The molecule has 2 aromatic carbocycles. The number of aliphatic hydroxyl groups is 2. The molecule has 1 atom stereocenters. The van der Waals surface area contributed by atoms with Gasteiger partial charge >= 0.3 is 11.9 Å². The predicted octanol–water partition coefficient (Wildman–Crippen LogP) is 3.28. The molecule has 0 spiro atoms. The lowest BCUT2D eigenvalue weighted by molar-refractivity contribution is -0.207. The van der Waals surface area contributed by atoms with Crippen LogP contribution in [0.25, 0.3) is 17.1 Å². The summed E-state index contributed by atoms with van der Waals surface area (Å²) in [6.45, 7) is 1.39. The maximum atomic E-state index is 13.8. The fourth-order valence-corrected chi connectivity index (χ4v) is 3.66. The smallest absolute Gasteiger partial charge is 0.382 e. The summed E-state index contributed by atoms with van der Waals surface area (Å²) in [6.07, 6.45) is -7.79. The predicted molar refractivity (Wildman–Crippen MR) is 125 cm³/mol. The van der Waals surface area contributed by atoms with Crippen molar-refractivity contribution in [2.24, 2.45) is 0 Å². The number of benzene rings is 2. The lowest BCUT2D eigenvalue weighted by Crippen LogP contribution is -2.37. The van der Waals surface area contributed by atoms with Gasteiger partial charge in [-0.2, -0.15) is 13.2 Å². The van der Waals surface area contributed by atoms with E-state index in [9.17, 15) is 32.6 Å². The Bertz CT molecular complexity index is 1470. The van der Waals surface area contributed by atoms with E-state index in [2.05, 4.69) is 15.2 Å². The molecule has 37 heavy (non-hydrogen) atoms. The van der Waals surface area contributed by atoms with Crippen molar-refractivity contribution in [3.8, 4) is 17.1 Å². The van der Waals surface area contributed by atoms with Gasteiger partial charge in [0.25, 0.3) is 0 Å². The summed E-state index contributed by atoms with van der Waals surface area (Å²) in [5.74, 6) is -0.683. The summed E-state index contributed by atoms with van der Waals surface area (Å²) < 4.78 is 55.8. The molecular weight excluding hydrogens is 520 g/mol. The first-order valence-corrected chi connectivity index (χ1v) is 11.2. The molecule has 0 unspecified atom stereocenters. The molecule has 0 bridgehead atoms. The first-order valence-electron chi connectivity index (χ1n) is 10.9. The number of nitrogens with zero attached hydrogens (tertiary/aromatic N) is 6. The number of aliphatic hydroxyl groups excluding tert-OH is 1. The quantitative estimate of drug-likeness (QED) is 0.348. The molecular formula is C23H21ClF4N6O3. The zero-order valence-electron chi connectivity index (χ0n) is 19.5. The topological polar surface area (TPSA) is 111 Å². The fraction of sp³-hybridized carbons (Fsp3) is 0.304. The van der Waals surface area contributed by atoms with Gasteiger partial charge in [-0.1, -0.05) is 17.7 Å². The molecule has 0 amide bonds. The molecule has 4 aromatic rings. The Hall–Kier alpha value is -3.55. The van der Waals surface area contributed by atoms with Crippen molar-refractivity contribution in [1.82, 2.24) is 29.1 Å². The zero-order chi connectivity index (χ0) is 27.1. The van der Waals surface area contributed by atoms with Gasteiger partial charge in [0, 0.05) is 10.6 Å². The third-order valence-electron chi connectivity index (χ3n) is 5.30. The Morgan fingerprint density at radius 3 is 2.35 bits per heavy atom. The van der Waals surface area contributed by atoms with Gasteiger partial charge in [0.05, 0.1) is 12.2 Å². The Kier molecular flexibility index (Phi) is 6.97. The highest BCUT2D eigenvalue weighted by Crippen LogP contribution is 2.25. The van der Waals surface area contributed by atoms with Crippen LogP contribution in [-0.2, 0) is 18.7 Å². The highest BCUT2D eigenvalue weighted by Gasteiger charge is 2.39. The summed E-state index contributed by atoms with van der Waals surface area (Å²) in [6, 6.07) is 11.3. The zero-order valence-corrected chi connectivity index (χ0v) is 20.2. The molecule has 0 aliphatic rings. The molecule has 0 aliphatic heterocycles. The number of rotatable bonds is 7. The van der Waals surface area contributed by atoms with E-state index in [-0.39, 0.29) is 35.3 Å². The highest BCUT2D eigenvalue weighted by molar-refractivity contribution is 6.30. The summed E-state index contributed by atoms with van der Waals surface area (Å²) in [5, 5.41) is 29.0. The van der Waals surface area contributed by atoms with E-state index >= 15 is 0 Å². The minimum absolute atomic E-state index is 0.0211. The van der Waals surface area contributed by atoms with Crippen LogP contribution in [0.4, 0.5) is 17.6 Å². The van der Waals surface area contributed by atoms with Gasteiger partial charge < -0.3 is 10.2 Å². The van der Waals surface area contributed by atoms with Crippen molar-refractivity contribution in [3.63, 3.8) is 0 Å². The average molecular weight is 541 g/mol. The molecule has 0 saturated carbocycles. The molecule has 4 rings (SSSR count). The van der Waals surface area contributed by atoms with Crippen molar-refractivity contribution < 1.29 is 27.8 Å². The van der Waals surface area contributed by atoms with Gasteiger partial charge in [-0.05, 0) is 56.3 Å². The Morgan fingerprint density at radius 2 is 1.76 bits per heavy atom. The van der Waals surface area contributed by atoms with Crippen LogP contribution < -0.4 is 5.69 Å². The maximum Gasteiger partial charge on any atom is 0.416 e. The number of hydrogen-bond donors (Lipinski definition) is 2. The van der Waals surface area contributed by atoms with Crippen LogP contribution in [0, 0.1) is 5.82 Å². The molecule has 0 fully saturated rings. The Balaban J connectivity index is 1.79. The molecule has 0 saturated heterocycles. The van der Waals surface area contributed by atoms with Crippen molar-refractivity contribution in [2.45, 2.75) is 44.8 Å². The van der Waals surface area contributed by atoms with Crippen LogP contribution in [0.1, 0.15) is 25.5 Å². The van der Waals surface area contributed by atoms with Gasteiger partial charge in [0.1, 0.15) is 18.0 Å². The maximum absolute atomic E-state index is 13.8. The first-order chi connectivity index (χ1) is 17.2. The van der Waals surface area contributed by atoms with E-state index in [4.69, 9.17) is 11.6 Å². The summed E-state index contributed by atoms with van der Waals surface area (Å²) >= 11 is 5.90. The highest BCUT2D eigenvalue weighted by atomic mass is 35.5. The van der Waals surface area contributed by atoms with Crippen LogP contribution in [0.2, 0.25) is 5.02 Å². The van der Waals surface area contributed by atoms with Gasteiger partial charge in [-0.25, -0.2) is 23.5 Å². The van der Waals surface area contributed by atoms with E-state index in [1.807, 2.05) is 0 Å². The Labute approximate surface area is 212 Å². The summed E-state index contributed by atoms with van der Waals surface area (Å²) in [7, 11) is 0. The monoisotopic (exact) mass is 540 g/mol. The second-order valence-corrected chi connectivity index (χ2v) is 9.18. The normalized spacial score (nSPS) is 13.2. The van der Waals surface area contributed by atoms with Gasteiger partial charge in [0.2, 0.25) is 0 Å². The van der Waals surface area contributed by atoms with Gasteiger partial charge in [0.15, 0.2) is 23.6 Å². The van der Waals surface area contributed by atoms with E-state index in [0.717, 1.165) is 4.68 Å². The van der Waals surface area contributed by atoms with Gasteiger partial charge in [-0.3, -0.25) is 4.57 Å². The molecule has 2 heterocycles. The standard InChI is InChI=1S/C23H21ClF4N6O3/c1-22(2,37)20-29-18(30-34(20)16-5-3-4-15(25)10-16)12-33-21(36)32(11-17(35)23(26,27)28)19(31-33)13-6-8-14(24)9-7-13/h3-10,17,35,37H,11-12H2,1-2H3/t17-/m0/s1. The molecule has 0 radical (unpaired) electrons. The van der Waals surface area contributed by atoms with E-state index < -0.39 is 35.9 Å². The number of halogens is 5. The molecule has 9 nitrogen and oxygen atoms in total. The number of aromatic nitrogens is 6. The summed E-state index contributed by atoms with van der Waals surface area (Å²) in [4.78, 5) is 17.4. The lowest BCUT2D eigenvalue weighted by Gasteiger charge is -2.17. The second kappa shape index (κ2) is 9.72. The molecule has 0 aliphatic carbocycles. The van der Waals surface area contributed by atoms with E-state index in [0.29, 0.717) is 9.59 Å². The van der Waals surface area contributed by atoms with Crippen LogP contribution in [0.5, 0.6) is 0 Å². The third kappa shape index (κ3) is 5.73. The van der Waals surface area contributed by atoms with Crippen molar-refractivity contribution in [2.75, 3.05) is 0 Å². The van der Waals surface area contributed by atoms with Crippen molar-refractivity contribution in [3.05, 3.63) is 81.5 Å². The third-order valence-corrected chi connectivity index (χ3v) is 5.55. The largest absolute Gasteiger partial charge is 0.416 e. The summed E-state index contributed by atoms with van der Waals surface area (Å²) in [5.41, 5.74) is -1.94. The van der Waals surface area contributed by atoms with Crippen molar-refractivity contribution in [1.29, 1.82) is 0 Å². The van der Waals surface area contributed by atoms with Gasteiger partial charge in [-0.15, -0.1) is 10.2 Å². The first kappa shape index (κ1) is 26.5. The van der Waals surface area contributed by atoms with E-state index in [1.165, 1.54) is 67.1 Å². The Morgan fingerprint density at radius 1 is 1.08 bits per heavy atom. The molecule has 2 aromatic heterocycles. The van der Waals surface area contributed by atoms with Crippen molar-refractivity contribution >= 4 is 11.6 Å². The minimum Gasteiger partial charge on any atom is -0.382 e. The molecule has 14 heteroatoms. The number of alkyl halides is 3. The second-order valence-electron chi connectivity index (χ2n) is 8.74. The lowest BCUT2D eigenvalue weighted by atomic mass is 10.1. The average Bonchev–Trinajstić information content (AvgIpc) is 3.36. The molecule has 196 valence electrons. The number of hydrogen-bond acceptors (Lipinski definition) is 6. The van der Waals surface area contributed by atoms with Crippen LogP contribution >= 0.6 is 11.6 Å². The van der Waals surface area contributed by atoms with Crippen LogP contribution in [-0.4, -0.2) is 51.6 Å². The van der Waals surface area contributed by atoms with Crippen LogP contribution in [0.3, 0.4) is 0 Å². The SMILES string of the molecule is CC(C)(O)c1nc(Cn2nc(-c3ccc(Cl)cc3)n(C[C@H](O)C(F)(F)F)c2=O)nn1-c1cccc(F)c1.